The molecule has 12 heteroatoms. The predicted molar refractivity (Wildman–Crippen MR) is 122 cm³/mol. The van der Waals surface area contributed by atoms with Crippen molar-refractivity contribution in [3.8, 4) is 0 Å². The van der Waals surface area contributed by atoms with E-state index in [1.165, 1.54) is 24.3 Å². The molecule has 0 heterocycles. The molecule has 0 aliphatic rings. The Balaban J connectivity index is 1.91. The lowest BCUT2D eigenvalue weighted by molar-refractivity contribution is -0.289. The summed E-state index contributed by atoms with van der Waals surface area (Å²) in [5.41, 5.74) is -0.216. The van der Waals surface area contributed by atoms with Gasteiger partial charge in [0.2, 0.25) is 0 Å². The van der Waals surface area contributed by atoms with E-state index >= 15 is 0 Å². The van der Waals surface area contributed by atoms with Crippen LogP contribution in [0.25, 0.3) is 0 Å². The minimum atomic E-state index is -5.75. The van der Waals surface area contributed by atoms with Gasteiger partial charge in [0, 0.05) is 18.8 Å². The first-order valence-electron chi connectivity index (χ1n) is 11.1. The summed E-state index contributed by atoms with van der Waals surface area (Å²) < 4.78 is 95.6. The molecule has 2 aromatic rings. The molecule has 0 fully saturated rings. The molecule has 0 bridgehead atoms. The van der Waals surface area contributed by atoms with Crippen molar-refractivity contribution in [3.05, 3.63) is 65.0 Å². The number of benzene rings is 2. The van der Waals surface area contributed by atoms with Crippen molar-refractivity contribution in [3.63, 3.8) is 0 Å². The fourth-order valence-corrected chi connectivity index (χ4v) is 3.68. The molecule has 1 atom stereocenters. The van der Waals surface area contributed by atoms with Crippen LogP contribution in [0.4, 0.5) is 32.0 Å². The molecule has 0 spiro atoms. The summed E-state index contributed by atoms with van der Waals surface area (Å²) in [4.78, 5) is 8.57. The van der Waals surface area contributed by atoms with Crippen molar-refractivity contribution in [2.24, 2.45) is 0 Å². The number of aryl methyl sites for hydroxylation is 1. The van der Waals surface area contributed by atoms with E-state index in [-0.39, 0.29) is 36.8 Å². The highest BCUT2D eigenvalue weighted by molar-refractivity contribution is 7.32. The number of nitrogens with one attached hydrogen (secondary N) is 2. The summed E-state index contributed by atoms with van der Waals surface area (Å²) in [6, 6.07) is 9.61. The molecular formula is C23H29F6N2O3P. The second-order valence-corrected chi connectivity index (χ2v) is 8.78. The Morgan fingerprint density at radius 1 is 0.886 bits per heavy atom. The van der Waals surface area contributed by atoms with Crippen LogP contribution in [-0.4, -0.2) is 30.8 Å². The van der Waals surface area contributed by atoms with Crippen molar-refractivity contribution < 1.29 is 40.3 Å². The number of unbranched alkanes of at least 4 members (excludes halogenated alkanes) is 2. The Labute approximate surface area is 200 Å². The molecule has 35 heavy (non-hydrogen) atoms. The highest BCUT2D eigenvalue weighted by Crippen LogP contribution is 2.46. The van der Waals surface area contributed by atoms with Gasteiger partial charge in [0.25, 0.3) is 0 Å². The lowest BCUT2D eigenvalue weighted by atomic mass is 10.0. The van der Waals surface area contributed by atoms with E-state index in [1.807, 2.05) is 0 Å². The Hall–Kier alpha value is -2.07. The van der Waals surface area contributed by atoms with Gasteiger partial charge in [-0.1, -0.05) is 24.6 Å². The maximum absolute atomic E-state index is 14.2. The first kappa shape index (κ1) is 29.2. The number of alkyl halides is 5. The summed E-state index contributed by atoms with van der Waals surface area (Å²) >= 11 is 0. The van der Waals surface area contributed by atoms with Gasteiger partial charge in [-0.15, -0.1) is 0 Å². The van der Waals surface area contributed by atoms with Crippen LogP contribution in [0.3, 0.4) is 0 Å². The number of halogens is 6. The first-order chi connectivity index (χ1) is 16.5. The van der Waals surface area contributed by atoms with Crippen molar-refractivity contribution >= 4 is 13.9 Å². The smallest absolute Gasteiger partial charge is 0.385 e. The van der Waals surface area contributed by atoms with E-state index in [4.69, 9.17) is 4.89 Å². The van der Waals surface area contributed by atoms with E-state index in [2.05, 4.69) is 15.2 Å². The van der Waals surface area contributed by atoms with Gasteiger partial charge >= 0.3 is 20.4 Å². The van der Waals surface area contributed by atoms with Gasteiger partial charge in [-0.25, -0.2) is 4.39 Å². The predicted octanol–water partition coefficient (Wildman–Crippen LogP) is 6.18. The van der Waals surface area contributed by atoms with Gasteiger partial charge in [-0.3, -0.25) is 4.57 Å². The third kappa shape index (κ3) is 9.83. The maximum atomic E-state index is 14.2. The molecule has 0 saturated carbocycles. The fraction of sp³-hybridized carbons (Fsp3) is 0.478. The van der Waals surface area contributed by atoms with Crippen LogP contribution >= 0.6 is 8.25 Å². The maximum Gasteiger partial charge on any atom is 0.458 e. The van der Waals surface area contributed by atoms with Gasteiger partial charge in [0.05, 0.1) is 12.2 Å². The van der Waals surface area contributed by atoms with Crippen LogP contribution in [0.5, 0.6) is 0 Å². The SMILES string of the molecule is O=[PH](O)OCCCNCc1ccc(NCCCCCc2ccc(F)cc2)c(C(F)(F)C(F)(F)F)c1. The van der Waals surface area contributed by atoms with Crippen LogP contribution in [0.1, 0.15) is 42.4 Å². The summed E-state index contributed by atoms with van der Waals surface area (Å²) in [5, 5.41) is 5.58. The standard InChI is InChI=1S/C23H29F6N2O3P/c24-19-9-6-17(7-10-19)5-2-1-3-13-31-21-11-8-18(16-30-12-4-14-34-35(32)33)15-20(21)22(25,26)23(27,28)29/h6-11,15,30-31,35H,1-5,12-14,16H2,(H,32,33). The van der Waals surface area contributed by atoms with Gasteiger partial charge < -0.3 is 20.1 Å². The van der Waals surface area contributed by atoms with Crippen molar-refractivity contribution in [1.82, 2.24) is 5.32 Å². The third-order valence-corrected chi connectivity index (χ3v) is 5.65. The third-order valence-electron chi connectivity index (χ3n) is 5.20. The van der Waals surface area contributed by atoms with Crippen molar-refractivity contribution in [1.29, 1.82) is 0 Å². The molecule has 0 aliphatic carbocycles. The normalized spacial score (nSPS) is 13.1. The van der Waals surface area contributed by atoms with Crippen LogP contribution in [0.2, 0.25) is 0 Å². The molecule has 0 aliphatic heterocycles. The number of hydrogen-bond donors (Lipinski definition) is 3. The fourth-order valence-electron chi connectivity index (χ4n) is 3.36. The Kier molecular flexibility index (Phi) is 11.6. The number of anilines is 1. The Bertz CT molecular complexity index is 942. The molecule has 2 aromatic carbocycles. The average molecular weight is 526 g/mol. The minimum Gasteiger partial charge on any atom is -0.385 e. The largest absolute Gasteiger partial charge is 0.458 e. The lowest BCUT2D eigenvalue weighted by Crippen LogP contribution is -2.34. The van der Waals surface area contributed by atoms with E-state index in [9.17, 15) is 30.9 Å². The van der Waals surface area contributed by atoms with Gasteiger partial charge in [-0.05, 0) is 67.6 Å². The summed E-state index contributed by atoms with van der Waals surface area (Å²) in [6.45, 7) is 0.596. The molecule has 5 nitrogen and oxygen atoms in total. The first-order valence-corrected chi connectivity index (χ1v) is 12.4. The van der Waals surface area contributed by atoms with E-state index in [0.29, 0.717) is 32.2 Å². The van der Waals surface area contributed by atoms with E-state index in [0.717, 1.165) is 18.1 Å². The van der Waals surface area contributed by atoms with Crippen LogP contribution in [-0.2, 0) is 28.0 Å². The minimum absolute atomic E-state index is 0.0193. The summed E-state index contributed by atoms with van der Waals surface area (Å²) in [6.07, 6.45) is -2.63. The average Bonchev–Trinajstić information content (AvgIpc) is 2.79. The number of hydrogen-bond acceptors (Lipinski definition) is 4. The van der Waals surface area contributed by atoms with E-state index < -0.39 is 25.9 Å². The zero-order chi connectivity index (χ0) is 25.9. The lowest BCUT2D eigenvalue weighted by Gasteiger charge is -2.24. The highest BCUT2D eigenvalue weighted by atomic mass is 31.1. The monoisotopic (exact) mass is 526 g/mol. The number of rotatable bonds is 15. The molecule has 2 rings (SSSR count). The van der Waals surface area contributed by atoms with Crippen LogP contribution < -0.4 is 10.6 Å². The molecule has 0 amide bonds. The van der Waals surface area contributed by atoms with Gasteiger partial charge in [0.1, 0.15) is 5.82 Å². The quantitative estimate of drug-likeness (QED) is 0.147. The summed E-state index contributed by atoms with van der Waals surface area (Å²) in [5.74, 6) is -5.35. The molecule has 0 saturated heterocycles. The van der Waals surface area contributed by atoms with Crippen molar-refractivity contribution in [2.75, 3.05) is 25.0 Å². The molecule has 0 radical (unpaired) electrons. The summed E-state index contributed by atoms with van der Waals surface area (Å²) in [7, 11) is -3.03. The second-order valence-electron chi connectivity index (χ2n) is 7.96. The zero-order valence-electron chi connectivity index (χ0n) is 18.9. The molecule has 1 unspecified atom stereocenters. The second kappa shape index (κ2) is 13.9. The van der Waals surface area contributed by atoms with Gasteiger partial charge in [-0.2, -0.15) is 22.0 Å². The van der Waals surface area contributed by atoms with Crippen LogP contribution in [0.15, 0.2) is 42.5 Å². The molecule has 0 aromatic heterocycles. The highest BCUT2D eigenvalue weighted by Gasteiger charge is 2.59. The molecular weight excluding hydrogens is 497 g/mol. The molecule has 3 N–H and O–H groups in total. The molecule has 196 valence electrons. The van der Waals surface area contributed by atoms with Crippen molar-refractivity contribution in [2.45, 2.75) is 50.7 Å². The topological polar surface area (TPSA) is 70.6 Å². The Morgan fingerprint density at radius 2 is 1.57 bits per heavy atom. The van der Waals surface area contributed by atoms with E-state index in [1.54, 1.807) is 12.1 Å². The zero-order valence-corrected chi connectivity index (χ0v) is 19.9. The Morgan fingerprint density at radius 3 is 2.23 bits per heavy atom. The van der Waals surface area contributed by atoms with Gasteiger partial charge in [0.15, 0.2) is 0 Å². The van der Waals surface area contributed by atoms with Crippen LogP contribution in [0, 0.1) is 5.82 Å².